The van der Waals surface area contributed by atoms with E-state index in [1.165, 1.54) is 0 Å². The van der Waals surface area contributed by atoms with Crippen LogP contribution in [0.25, 0.3) is 11.1 Å². The minimum atomic E-state index is -0.176. The molecule has 0 saturated carbocycles. The Morgan fingerprint density at radius 2 is 1.43 bits per heavy atom. The molecule has 0 aromatic heterocycles. The van der Waals surface area contributed by atoms with Crippen molar-refractivity contribution in [1.29, 1.82) is 0 Å². The van der Waals surface area contributed by atoms with Crippen LogP contribution < -0.4 is 10.6 Å². The molecule has 3 rings (SSSR count). The number of para-hydroxylation sites is 1. The Morgan fingerprint density at radius 3 is 2.14 bits per heavy atom. The van der Waals surface area contributed by atoms with E-state index in [9.17, 15) is 9.59 Å². The van der Waals surface area contributed by atoms with Gasteiger partial charge in [0.2, 0.25) is 5.91 Å². The topological polar surface area (TPSA) is 58.2 Å². The fourth-order valence-electron chi connectivity index (χ4n) is 2.95. The highest BCUT2D eigenvalue weighted by Crippen LogP contribution is 2.20. The van der Waals surface area contributed by atoms with Gasteiger partial charge >= 0.3 is 0 Å². The summed E-state index contributed by atoms with van der Waals surface area (Å²) in [4.78, 5) is 24.8. The fraction of sp³-hybridized carbons (Fsp3) is 0.167. The first-order valence-electron chi connectivity index (χ1n) is 9.49. The lowest BCUT2D eigenvalue weighted by molar-refractivity contribution is -0.115. The maximum atomic E-state index is 12.5. The molecule has 4 heteroatoms. The zero-order chi connectivity index (χ0) is 19.8. The Hall–Kier alpha value is -3.40. The van der Waals surface area contributed by atoms with Crippen molar-refractivity contribution < 1.29 is 9.59 Å². The SMILES string of the molecule is CCCNC(=O)c1ccccc1NC(=O)Cc1ccc(-c2ccccc2)cc1. The van der Waals surface area contributed by atoms with Gasteiger partial charge in [-0.15, -0.1) is 0 Å². The Morgan fingerprint density at radius 1 is 0.786 bits per heavy atom. The first kappa shape index (κ1) is 19.4. The molecule has 0 atom stereocenters. The largest absolute Gasteiger partial charge is 0.352 e. The Kier molecular flexibility index (Phi) is 6.58. The van der Waals surface area contributed by atoms with Crippen LogP contribution in [0.4, 0.5) is 5.69 Å². The minimum Gasteiger partial charge on any atom is -0.352 e. The Bertz CT molecular complexity index is 934. The van der Waals surface area contributed by atoms with E-state index in [2.05, 4.69) is 22.8 Å². The average molecular weight is 372 g/mol. The first-order valence-corrected chi connectivity index (χ1v) is 9.49. The van der Waals surface area contributed by atoms with Crippen molar-refractivity contribution in [1.82, 2.24) is 5.32 Å². The number of carbonyl (C=O) groups is 2. The highest BCUT2D eigenvalue weighted by molar-refractivity contribution is 6.04. The molecule has 2 N–H and O–H groups in total. The van der Waals surface area contributed by atoms with E-state index in [4.69, 9.17) is 0 Å². The normalized spacial score (nSPS) is 10.3. The Balaban J connectivity index is 1.65. The lowest BCUT2D eigenvalue weighted by Crippen LogP contribution is -2.26. The minimum absolute atomic E-state index is 0.150. The van der Waals surface area contributed by atoms with Gasteiger partial charge in [-0.3, -0.25) is 9.59 Å². The van der Waals surface area contributed by atoms with Crippen molar-refractivity contribution >= 4 is 17.5 Å². The molecule has 0 fully saturated rings. The summed E-state index contributed by atoms with van der Waals surface area (Å²) in [6.45, 7) is 2.60. The highest BCUT2D eigenvalue weighted by atomic mass is 16.2. The molecular weight excluding hydrogens is 348 g/mol. The van der Waals surface area contributed by atoms with Gasteiger partial charge in [0, 0.05) is 6.54 Å². The number of benzene rings is 3. The molecule has 2 amide bonds. The third-order valence-electron chi connectivity index (χ3n) is 4.41. The second-order valence-corrected chi connectivity index (χ2v) is 6.59. The Labute approximate surface area is 165 Å². The van der Waals surface area contributed by atoms with Crippen LogP contribution in [0.5, 0.6) is 0 Å². The number of hydrogen-bond donors (Lipinski definition) is 2. The zero-order valence-corrected chi connectivity index (χ0v) is 15.9. The van der Waals surface area contributed by atoms with Crippen molar-refractivity contribution in [2.45, 2.75) is 19.8 Å². The van der Waals surface area contributed by atoms with E-state index < -0.39 is 0 Å². The van der Waals surface area contributed by atoms with Gasteiger partial charge in [-0.1, -0.05) is 73.7 Å². The van der Waals surface area contributed by atoms with Crippen molar-refractivity contribution in [3.8, 4) is 11.1 Å². The quantitative estimate of drug-likeness (QED) is 0.633. The zero-order valence-electron chi connectivity index (χ0n) is 15.9. The molecule has 0 spiro atoms. The van der Waals surface area contributed by atoms with Crippen LogP contribution in [0.2, 0.25) is 0 Å². The molecule has 0 aliphatic heterocycles. The summed E-state index contributed by atoms with van der Waals surface area (Å²) in [7, 11) is 0. The van der Waals surface area contributed by atoms with Crippen LogP contribution in [-0.2, 0) is 11.2 Å². The predicted molar refractivity (Wildman–Crippen MR) is 113 cm³/mol. The molecule has 3 aromatic carbocycles. The lowest BCUT2D eigenvalue weighted by atomic mass is 10.0. The maximum Gasteiger partial charge on any atom is 0.253 e. The second kappa shape index (κ2) is 9.51. The van der Waals surface area contributed by atoms with Crippen molar-refractivity contribution in [2.75, 3.05) is 11.9 Å². The first-order chi connectivity index (χ1) is 13.7. The third-order valence-corrected chi connectivity index (χ3v) is 4.41. The summed E-state index contributed by atoms with van der Waals surface area (Å²) in [5.74, 6) is -0.326. The third kappa shape index (κ3) is 5.07. The number of hydrogen-bond acceptors (Lipinski definition) is 2. The number of amides is 2. The summed E-state index contributed by atoms with van der Waals surface area (Å²) in [6, 6.07) is 25.1. The van der Waals surface area contributed by atoms with E-state index in [1.54, 1.807) is 24.3 Å². The number of nitrogens with one attached hydrogen (secondary N) is 2. The molecule has 0 heterocycles. The van der Waals surface area contributed by atoms with E-state index in [1.807, 2.05) is 49.4 Å². The van der Waals surface area contributed by atoms with E-state index in [0.717, 1.165) is 23.1 Å². The second-order valence-electron chi connectivity index (χ2n) is 6.59. The maximum absolute atomic E-state index is 12.5. The molecule has 3 aromatic rings. The highest BCUT2D eigenvalue weighted by Gasteiger charge is 2.13. The van der Waals surface area contributed by atoms with Gasteiger partial charge in [-0.05, 0) is 35.2 Å². The van der Waals surface area contributed by atoms with E-state index >= 15 is 0 Å². The van der Waals surface area contributed by atoms with Gasteiger partial charge in [-0.2, -0.15) is 0 Å². The monoisotopic (exact) mass is 372 g/mol. The molecule has 0 saturated heterocycles. The van der Waals surface area contributed by atoms with E-state index in [0.29, 0.717) is 17.8 Å². The molecule has 4 nitrogen and oxygen atoms in total. The average Bonchev–Trinajstić information content (AvgIpc) is 2.73. The van der Waals surface area contributed by atoms with Crippen LogP contribution in [0.15, 0.2) is 78.9 Å². The number of rotatable bonds is 7. The van der Waals surface area contributed by atoms with Crippen LogP contribution in [0.1, 0.15) is 29.3 Å². The van der Waals surface area contributed by atoms with Crippen LogP contribution in [0.3, 0.4) is 0 Å². The lowest BCUT2D eigenvalue weighted by Gasteiger charge is -2.11. The molecule has 0 bridgehead atoms. The van der Waals surface area contributed by atoms with Gasteiger partial charge in [0.25, 0.3) is 5.91 Å². The van der Waals surface area contributed by atoms with Crippen molar-refractivity contribution in [2.24, 2.45) is 0 Å². The summed E-state index contributed by atoms with van der Waals surface area (Å²) in [5, 5.41) is 5.71. The fourth-order valence-corrected chi connectivity index (χ4v) is 2.95. The van der Waals surface area contributed by atoms with Gasteiger partial charge in [0.05, 0.1) is 17.7 Å². The van der Waals surface area contributed by atoms with E-state index in [-0.39, 0.29) is 18.2 Å². The standard InChI is InChI=1S/C24H24N2O2/c1-2-16-25-24(28)21-10-6-7-11-22(21)26-23(27)17-18-12-14-20(15-13-18)19-8-4-3-5-9-19/h3-15H,2,16-17H2,1H3,(H,25,28)(H,26,27). The molecule has 28 heavy (non-hydrogen) atoms. The molecular formula is C24H24N2O2. The molecule has 142 valence electrons. The summed E-state index contributed by atoms with van der Waals surface area (Å²) < 4.78 is 0. The summed E-state index contributed by atoms with van der Waals surface area (Å²) >= 11 is 0. The van der Waals surface area contributed by atoms with Crippen molar-refractivity contribution in [3.05, 3.63) is 90.0 Å². The molecule has 0 aliphatic rings. The van der Waals surface area contributed by atoms with Gasteiger partial charge < -0.3 is 10.6 Å². The number of carbonyl (C=O) groups excluding carboxylic acids is 2. The molecule has 0 radical (unpaired) electrons. The van der Waals surface area contributed by atoms with Crippen LogP contribution >= 0.6 is 0 Å². The van der Waals surface area contributed by atoms with Crippen molar-refractivity contribution in [3.63, 3.8) is 0 Å². The molecule has 0 aliphatic carbocycles. The van der Waals surface area contributed by atoms with Crippen LogP contribution in [-0.4, -0.2) is 18.4 Å². The van der Waals surface area contributed by atoms with Gasteiger partial charge in [0.15, 0.2) is 0 Å². The summed E-state index contributed by atoms with van der Waals surface area (Å²) in [5.41, 5.74) is 4.18. The molecule has 0 unspecified atom stereocenters. The smallest absolute Gasteiger partial charge is 0.253 e. The predicted octanol–water partition coefficient (Wildman–Crippen LogP) is 4.67. The van der Waals surface area contributed by atoms with Gasteiger partial charge in [-0.25, -0.2) is 0 Å². The number of anilines is 1. The van der Waals surface area contributed by atoms with Gasteiger partial charge in [0.1, 0.15) is 0 Å². The van der Waals surface area contributed by atoms with Crippen LogP contribution in [0, 0.1) is 0 Å². The summed E-state index contributed by atoms with van der Waals surface area (Å²) in [6.07, 6.45) is 1.11.